The molecule has 1 unspecified atom stereocenters. The number of benzene rings is 2. The van der Waals surface area contributed by atoms with Crippen molar-refractivity contribution in [2.75, 3.05) is 0 Å². The minimum atomic E-state index is -3.84. The highest BCUT2D eigenvalue weighted by Gasteiger charge is 2.57. The van der Waals surface area contributed by atoms with Crippen molar-refractivity contribution in [2.45, 2.75) is 104 Å². The molecule has 40 heavy (non-hydrogen) atoms. The Balaban J connectivity index is 2.08. The van der Waals surface area contributed by atoms with Crippen molar-refractivity contribution < 1.29 is 28.2 Å². The summed E-state index contributed by atoms with van der Waals surface area (Å²) in [4.78, 5) is 26.3. The maximum absolute atomic E-state index is 15.1. The third kappa shape index (κ3) is 7.87. The molecule has 9 nitrogen and oxygen atoms in total. The van der Waals surface area contributed by atoms with Gasteiger partial charge < -0.3 is 14.0 Å². The average molecular weight is 574 g/mol. The summed E-state index contributed by atoms with van der Waals surface area (Å²) in [6.45, 7) is 15.8. The second-order valence-electron chi connectivity index (χ2n) is 12.3. The SMILES string of the molecule is CC(C)N1[C@@H](Cc2ccccc2)[C@@H](c2ccccc2)O[P@]1(=O)C(C)N(NC(=O)OC(C)(C)C)C(=O)OC(C)(C)C. The highest BCUT2D eigenvalue weighted by atomic mass is 31.2. The molecule has 0 radical (unpaired) electrons. The third-order valence-corrected chi connectivity index (χ3v) is 9.37. The number of hydrazine groups is 1. The van der Waals surface area contributed by atoms with Crippen molar-refractivity contribution in [1.82, 2.24) is 15.1 Å². The monoisotopic (exact) mass is 573 g/mol. The van der Waals surface area contributed by atoms with Crippen molar-refractivity contribution in [3.05, 3.63) is 71.8 Å². The first kappa shape index (κ1) is 31.7. The van der Waals surface area contributed by atoms with E-state index in [1.807, 2.05) is 79.2 Å². The van der Waals surface area contributed by atoms with Gasteiger partial charge in [0.05, 0.1) is 6.04 Å². The van der Waals surface area contributed by atoms with Gasteiger partial charge in [0.2, 0.25) is 0 Å². The zero-order valence-corrected chi connectivity index (χ0v) is 26.0. The molecular formula is C30H44N3O6P. The fourth-order valence-corrected chi connectivity index (χ4v) is 7.71. The molecule has 0 aromatic heterocycles. The van der Waals surface area contributed by atoms with E-state index in [4.69, 9.17) is 14.0 Å². The molecule has 2 aromatic carbocycles. The van der Waals surface area contributed by atoms with Gasteiger partial charge in [-0.15, -0.1) is 0 Å². The van der Waals surface area contributed by atoms with Crippen molar-refractivity contribution in [3.63, 3.8) is 0 Å². The Kier molecular flexibility index (Phi) is 9.76. The molecule has 4 atom stereocenters. The summed E-state index contributed by atoms with van der Waals surface area (Å²) in [5.41, 5.74) is 2.76. The Bertz CT molecular complexity index is 1190. The summed E-state index contributed by atoms with van der Waals surface area (Å²) in [7, 11) is -3.84. The quantitative estimate of drug-likeness (QED) is 0.286. The fourth-order valence-electron chi connectivity index (χ4n) is 4.75. The summed E-state index contributed by atoms with van der Waals surface area (Å²) in [5.74, 6) is -1.11. The number of amides is 2. The Hall–Kier alpha value is -2.87. The van der Waals surface area contributed by atoms with Crippen LogP contribution in [-0.4, -0.2) is 50.9 Å². The van der Waals surface area contributed by atoms with Crippen LogP contribution in [0.1, 0.15) is 79.5 Å². The van der Waals surface area contributed by atoms with Gasteiger partial charge >= 0.3 is 12.2 Å². The van der Waals surface area contributed by atoms with Crippen molar-refractivity contribution in [1.29, 1.82) is 0 Å². The van der Waals surface area contributed by atoms with E-state index in [2.05, 4.69) is 5.43 Å². The lowest BCUT2D eigenvalue weighted by molar-refractivity contribution is -0.00250. The molecule has 1 heterocycles. The topological polar surface area (TPSA) is 97.4 Å². The Morgan fingerprint density at radius 1 is 0.925 bits per heavy atom. The second kappa shape index (κ2) is 12.3. The van der Waals surface area contributed by atoms with E-state index < -0.39 is 42.8 Å². The van der Waals surface area contributed by atoms with Crippen LogP contribution in [-0.2, 0) is 25.0 Å². The maximum atomic E-state index is 15.1. The van der Waals surface area contributed by atoms with Crippen LogP contribution in [0, 0.1) is 0 Å². The van der Waals surface area contributed by atoms with E-state index in [1.165, 1.54) is 0 Å². The number of carbonyl (C=O) groups excluding carboxylic acids is 2. The minimum absolute atomic E-state index is 0.210. The molecule has 1 N–H and O–H groups in total. The Labute approximate surface area is 238 Å². The van der Waals surface area contributed by atoms with E-state index in [9.17, 15) is 9.59 Å². The summed E-state index contributed by atoms with van der Waals surface area (Å²) < 4.78 is 34.5. The van der Waals surface area contributed by atoms with Gasteiger partial charge in [-0.2, -0.15) is 0 Å². The first-order valence-electron chi connectivity index (χ1n) is 13.7. The zero-order chi connectivity index (χ0) is 29.9. The van der Waals surface area contributed by atoms with E-state index in [0.29, 0.717) is 6.42 Å². The summed E-state index contributed by atoms with van der Waals surface area (Å²) >= 11 is 0. The van der Waals surface area contributed by atoms with Gasteiger partial charge in [0.25, 0.3) is 7.52 Å². The molecule has 2 amide bonds. The van der Waals surface area contributed by atoms with Crippen molar-refractivity contribution in [2.24, 2.45) is 0 Å². The molecule has 0 aliphatic carbocycles. The molecular weight excluding hydrogens is 529 g/mol. The lowest BCUT2D eigenvalue weighted by atomic mass is 9.95. The predicted molar refractivity (Wildman–Crippen MR) is 156 cm³/mol. The number of rotatable bonds is 6. The third-order valence-electron chi connectivity index (χ3n) is 6.27. The molecule has 2 aromatic rings. The van der Waals surface area contributed by atoms with Gasteiger partial charge in [0, 0.05) is 6.04 Å². The standard InChI is InChI=1S/C30H44N3O6P/c1-21(2)33-25(20-23-16-12-10-13-17-23)26(24-18-14-11-15-19-24)39-40(33,36)22(3)32(28(35)38-30(7,8)9)31-27(34)37-29(4,5)6/h10-19,21-22,25-26H,20H2,1-9H3,(H,31,34)/t22?,25-,26+,40+/m0/s1. The van der Waals surface area contributed by atoms with Crippen LogP contribution >= 0.6 is 7.52 Å². The fraction of sp³-hybridized carbons (Fsp3) is 0.533. The molecule has 10 heteroatoms. The average Bonchev–Trinajstić information content (AvgIpc) is 3.14. The van der Waals surface area contributed by atoms with Gasteiger partial charge in [0.15, 0.2) is 0 Å². The Morgan fingerprint density at radius 3 is 1.95 bits per heavy atom. The second-order valence-corrected chi connectivity index (χ2v) is 14.9. The lowest BCUT2D eigenvalue weighted by Crippen LogP contribution is -2.54. The minimum Gasteiger partial charge on any atom is -0.443 e. The van der Waals surface area contributed by atoms with Crippen LogP contribution in [0.3, 0.4) is 0 Å². The predicted octanol–water partition coefficient (Wildman–Crippen LogP) is 7.30. The van der Waals surface area contributed by atoms with Gasteiger partial charge in [-0.25, -0.2) is 24.7 Å². The summed E-state index contributed by atoms with van der Waals surface area (Å²) in [6, 6.07) is 19.1. The van der Waals surface area contributed by atoms with Crippen LogP contribution in [0.4, 0.5) is 9.59 Å². The number of hydrogen-bond acceptors (Lipinski definition) is 6. The highest BCUT2D eigenvalue weighted by molar-refractivity contribution is 7.57. The molecule has 220 valence electrons. The molecule has 3 rings (SSSR count). The van der Waals surface area contributed by atoms with Crippen molar-refractivity contribution >= 4 is 19.7 Å². The molecule has 1 fully saturated rings. The Morgan fingerprint density at radius 2 is 1.45 bits per heavy atom. The highest BCUT2D eigenvalue weighted by Crippen LogP contribution is 2.67. The number of nitrogens with zero attached hydrogens (tertiary/aromatic N) is 2. The first-order valence-corrected chi connectivity index (χ1v) is 15.3. The molecule has 0 saturated carbocycles. The van der Waals surface area contributed by atoms with Crippen LogP contribution in [0.5, 0.6) is 0 Å². The number of carbonyl (C=O) groups is 2. The zero-order valence-electron chi connectivity index (χ0n) is 25.1. The number of ether oxygens (including phenoxy) is 2. The molecule has 0 spiro atoms. The lowest BCUT2D eigenvalue weighted by Gasteiger charge is -2.38. The van der Waals surface area contributed by atoms with E-state index >= 15 is 4.57 Å². The van der Waals surface area contributed by atoms with Gasteiger partial charge in [0.1, 0.15) is 23.1 Å². The first-order chi connectivity index (χ1) is 18.5. The van der Waals surface area contributed by atoms with Crippen LogP contribution in [0.25, 0.3) is 0 Å². The van der Waals surface area contributed by atoms with E-state index in [-0.39, 0.29) is 12.1 Å². The maximum Gasteiger partial charge on any atom is 0.430 e. The van der Waals surface area contributed by atoms with E-state index in [1.54, 1.807) is 48.5 Å². The van der Waals surface area contributed by atoms with Gasteiger partial charge in [-0.1, -0.05) is 60.7 Å². The van der Waals surface area contributed by atoms with Gasteiger partial charge in [-0.3, -0.25) is 4.57 Å². The van der Waals surface area contributed by atoms with E-state index in [0.717, 1.165) is 16.1 Å². The molecule has 1 saturated heterocycles. The van der Waals surface area contributed by atoms with Crippen LogP contribution in [0.15, 0.2) is 60.7 Å². The molecule has 0 bridgehead atoms. The summed E-state index contributed by atoms with van der Waals surface area (Å²) in [6.07, 6.45) is -1.70. The molecule has 1 aliphatic rings. The number of hydrogen-bond donors (Lipinski definition) is 1. The van der Waals surface area contributed by atoms with Gasteiger partial charge in [-0.05, 0) is 79.9 Å². The van der Waals surface area contributed by atoms with Crippen LogP contribution in [0.2, 0.25) is 0 Å². The largest absolute Gasteiger partial charge is 0.443 e. The number of nitrogens with one attached hydrogen (secondary N) is 1. The molecule has 1 aliphatic heterocycles. The summed E-state index contributed by atoms with van der Waals surface area (Å²) in [5, 5.41) is 0.947. The smallest absolute Gasteiger partial charge is 0.430 e. The van der Waals surface area contributed by atoms with Crippen LogP contribution < -0.4 is 5.43 Å². The normalized spacial score (nSPS) is 22.6. The van der Waals surface area contributed by atoms with Crippen molar-refractivity contribution in [3.8, 4) is 0 Å².